The van der Waals surface area contributed by atoms with Crippen molar-refractivity contribution in [3.63, 3.8) is 0 Å². The highest BCUT2D eigenvalue weighted by atomic mass is 15.6. The Morgan fingerprint density at radius 1 is 0.619 bits per heavy atom. The van der Waals surface area contributed by atoms with E-state index in [4.69, 9.17) is 0 Å². The Labute approximate surface area is 130 Å². The molecule has 0 unspecified atom stereocenters. The second-order valence-corrected chi connectivity index (χ2v) is 7.22. The van der Waals surface area contributed by atoms with Crippen LogP contribution in [0.15, 0.2) is 0 Å². The molecular formula is C17H34N4. The number of piperidine rings is 2. The molecule has 0 spiro atoms. The average Bonchev–Trinajstić information content (AvgIpc) is 2.57. The zero-order valence-corrected chi connectivity index (χ0v) is 13.7. The van der Waals surface area contributed by atoms with E-state index in [1.54, 1.807) is 0 Å². The second-order valence-electron chi connectivity index (χ2n) is 7.22. The molecule has 0 radical (unpaired) electrons. The van der Waals surface area contributed by atoms with Crippen molar-refractivity contribution in [2.75, 3.05) is 52.4 Å². The summed E-state index contributed by atoms with van der Waals surface area (Å²) in [5, 5.41) is 12.1. The molecule has 0 bridgehead atoms. The molecule has 3 aliphatic heterocycles. The molecule has 122 valence electrons. The van der Waals surface area contributed by atoms with E-state index in [0.29, 0.717) is 0 Å². The molecule has 0 aromatic carbocycles. The molecule has 0 aliphatic carbocycles. The zero-order valence-electron chi connectivity index (χ0n) is 13.7. The van der Waals surface area contributed by atoms with Gasteiger partial charge in [0.2, 0.25) is 0 Å². The van der Waals surface area contributed by atoms with Gasteiger partial charge in [-0.25, -0.2) is 10.0 Å². The molecule has 0 aromatic heterocycles. The van der Waals surface area contributed by atoms with Crippen LogP contribution in [0.5, 0.6) is 0 Å². The molecule has 3 aliphatic rings. The summed E-state index contributed by atoms with van der Waals surface area (Å²) in [5.74, 6) is 2.03. The normalized spacial score (nSPS) is 28.0. The van der Waals surface area contributed by atoms with Crippen LogP contribution in [0.3, 0.4) is 0 Å². The predicted octanol–water partition coefficient (Wildman–Crippen LogP) is 1.69. The maximum absolute atomic E-state index is 3.48. The van der Waals surface area contributed by atoms with E-state index in [9.17, 15) is 0 Å². The summed E-state index contributed by atoms with van der Waals surface area (Å²) in [5.41, 5.74) is 0. The summed E-state index contributed by atoms with van der Waals surface area (Å²) in [6.45, 7) is 9.87. The van der Waals surface area contributed by atoms with Crippen LogP contribution in [0.1, 0.15) is 44.9 Å². The Bertz CT molecular complexity index is 274. The average molecular weight is 294 g/mol. The summed E-state index contributed by atoms with van der Waals surface area (Å²) < 4.78 is 0. The molecule has 2 N–H and O–H groups in total. The van der Waals surface area contributed by atoms with Gasteiger partial charge in [0.1, 0.15) is 0 Å². The van der Waals surface area contributed by atoms with Crippen molar-refractivity contribution in [1.82, 2.24) is 20.7 Å². The Morgan fingerprint density at radius 2 is 1.14 bits per heavy atom. The fraction of sp³-hybridized carbons (Fsp3) is 1.00. The van der Waals surface area contributed by atoms with E-state index >= 15 is 0 Å². The summed E-state index contributed by atoms with van der Waals surface area (Å²) >= 11 is 0. The van der Waals surface area contributed by atoms with Crippen molar-refractivity contribution in [3.8, 4) is 0 Å². The Balaban J connectivity index is 1.28. The minimum Gasteiger partial charge on any atom is -0.317 e. The number of nitrogens with one attached hydrogen (secondary N) is 2. The third-order valence-electron chi connectivity index (χ3n) is 5.77. The van der Waals surface area contributed by atoms with Crippen LogP contribution in [0, 0.1) is 11.8 Å². The van der Waals surface area contributed by atoms with Crippen LogP contribution < -0.4 is 10.6 Å². The van der Waals surface area contributed by atoms with Crippen LogP contribution >= 0.6 is 0 Å². The van der Waals surface area contributed by atoms with Crippen LogP contribution in [0.25, 0.3) is 0 Å². The topological polar surface area (TPSA) is 30.5 Å². The van der Waals surface area contributed by atoms with E-state index in [0.717, 1.165) is 24.9 Å². The molecule has 0 amide bonds. The van der Waals surface area contributed by atoms with Gasteiger partial charge >= 0.3 is 0 Å². The lowest BCUT2D eigenvalue weighted by atomic mass is 9.87. The van der Waals surface area contributed by atoms with Gasteiger partial charge in [-0.05, 0) is 50.6 Å². The van der Waals surface area contributed by atoms with Crippen LogP contribution in [0.2, 0.25) is 0 Å². The minimum atomic E-state index is 1.01. The Hall–Kier alpha value is -0.160. The lowest BCUT2D eigenvalue weighted by molar-refractivity contribution is -0.0572. The predicted molar refractivity (Wildman–Crippen MR) is 88.2 cm³/mol. The van der Waals surface area contributed by atoms with Gasteiger partial charge in [-0.3, -0.25) is 0 Å². The molecular weight excluding hydrogens is 260 g/mol. The largest absolute Gasteiger partial charge is 0.317 e. The smallest absolute Gasteiger partial charge is 0.0259 e. The summed E-state index contributed by atoms with van der Waals surface area (Å²) in [6.07, 6.45) is 10.1. The van der Waals surface area contributed by atoms with Gasteiger partial charge in [0, 0.05) is 39.3 Å². The Morgan fingerprint density at radius 3 is 1.81 bits per heavy atom. The highest BCUT2D eigenvalue weighted by molar-refractivity contribution is 4.75. The number of hydrogen-bond acceptors (Lipinski definition) is 4. The fourth-order valence-electron chi connectivity index (χ4n) is 4.29. The summed E-state index contributed by atoms with van der Waals surface area (Å²) in [6, 6.07) is 0. The highest BCUT2D eigenvalue weighted by Gasteiger charge is 2.24. The molecule has 3 heterocycles. The van der Waals surface area contributed by atoms with Gasteiger partial charge in [-0.2, -0.15) is 0 Å². The van der Waals surface area contributed by atoms with Crippen LogP contribution in [-0.4, -0.2) is 62.4 Å². The molecule has 0 atom stereocenters. The minimum absolute atomic E-state index is 1.01. The first kappa shape index (κ1) is 15.7. The summed E-state index contributed by atoms with van der Waals surface area (Å²) in [4.78, 5) is 0. The van der Waals surface area contributed by atoms with Crippen molar-refractivity contribution in [2.45, 2.75) is 44.9 Å². The first-order chi connectivity index (χ1) is 10.4. The van der Waals surface area contributed by atoms with E-state index in [1.165, 1.54) is 84.2 Å². The molecule has 3 rings (SSSR count). The van der Waals surface area contributed by atoms with Crippen LogP contribution in [-0.2, 0) is 0 Å². The van der Waals surface area contributed by atoms with Gasteiger partial charge in [0.15, 0.2) is 0 Å². The monoisotopic (exact) mass is 294 g/mol. The number of nitrogens with zero attached hydrogens (tertiary/aromatic N) is 2. The van der Waals surface area contributed by atoms with E-state index < -0.39 is 0 Å². The molecule has 0 saturated carbocycles. The van der Waals surface area contributed by atoms with E-state index in [1.807, 2.05) is 0 Å². The van der Waals surface area contributed by atoms with Gasteiger partial charge in [-0.1, -0.05) is 19.3 Å². The molecule has 3 saturated heterocycles. The Kier molecular flexibility index (Phi) is 6.34. The van der Waals surface area contributed by atoms with Gasteiger partial charge < -0.3 is 10.6 Å². The lowest BCUT2D eigenvalue weighted by Crippen LogP contribution is -2.54. The second kappa shape index (κ2) is 8.47. The third-order valence-corrected chi connectivity index (χ3v) is 5.77. The number of piperazine rings is 1. The van der Waals surface area contributed by atoms with Gasteiger partial charge in [0.25, 0.3) is 0 Å². The molecule has 3 fully saturated rings. The molecule has 21 heavy (non-hydrogen) atoms. The first-order valence-electron chi connectivity index (χ1n) is 9.33. The first-order valence-corrected chi connectivity index (χ1v) is 9.33. The van der Waals surface area contributed by atoms with Crippen molar-refractivity contribution >= 4 is 0 Å². The maximum Gasteiger partial charge on any atom is 0.0259 e. The zero-order chi connectivity index (χ0) is 14.3. The lowest BCUT2D eigenvalue weighted by Gasteiger charge is -2.41. The summed E-state index contributed by atoms with van der Waals surface area (Å²) in [7, 11) is 0. The molecule has 4 nitrogen and oxygen atoms in total. The number of rotatable bonds is 5. The van der Waals surface area contributed by atoms with Crippen molar-refractivity contribution < 1.29 is 0 Å². The standard InChI is InChI=1S/C17H34N4/c1(2-16-4-8-18-9-5-16)3-17-6-12-20(13-7-17)21-14-10-19-11-15-21/h16-19H,1-15H2. The number of hydrazine groups is 1. The van der Waals surface area contributed by atoms with Crippen molar-refractivity contribution in [3.05, 3.63) is 0 Å². The van der Waals surface area contributed by atoms with E-state index in [2.05, 4.69) is 20.7 Å². The molecule has 4 heteroatoms. The van der Waals surface area contributed by atoms with Gasteiger partial charge in [0.05, 0.1) is 0 Å². The maximum atomic E-state index is 3.48. The van der Waals surface area contributed by atoms with Crippen molar-refractivity contribution in [2.24, 2.45) is 11.8 Å². The van der Waals surface area contributed by atoms with Gasteiger partial charge in [-0.15, -0.1) is 0 Å². The molecule has 0 aromatic rings. The van der Waals surface area contributed by atoms with Crippen LogP contribution in [0.4, 0.5) is 0 Å². The van der Waals surface area contributed by atoms with E-state index in [-0.39, 0.29) is 0 Å². The quantitative estimate of drug-likeness (QED) is 0.808. The highest BCUT2D eigenvalue weighted by Crippen LogP contribution is 2.26. The SMILES string of the molecule is C(CC1CCNCC1)CC1CCN(N2CCNCC2)CC1. The third kappa shape index (κ3) is 4.92. The number of hydrogen-bond donors (Lipinski definition) is 2. The van der Waals surface area contributed by atoms with Crippen molar-refractivity contribution in [1.29, 1.82) is 0 Å². The fourth-order valence-corrected chi connectivity index (χ4v) is 4.29.